The Hall–Kier alpha value is -1.90. The number of ether oxygens (including phenoxy) is 1. The molecule has 0 N–H and O–H groups in total. The van der Waals surface area contributed by atoms with E-state index in [9.17, 15) is 9.59 Å². The zero-order valence-corrected chi connectivity index (χ0v) is 10.3. The molecule has 0 spiro atoms. The van der Waals surface area contributed by atoms with Crippen LogP contribution >= 0.6 is 0 Å². The highest BCUT2D eigenvalue weighted by atomic mass is 16.6. The van der Waals surface area contributed by atoms with E-state index in [1.807, 2.05) is 30.3 Å². The minimum Gasteiger partial charge on any atom is -0.389 e. The molecule has 0 aliphatic carbocycles. The molecule has 0 fully saturated rings. The Morgan fingerprint density at radius 2 is 1.71 bits per heavy atom. The van der Waals surface area contributed by atoms with E-state index in [0.717, 1.165) is 5.56 Å². The Morgan fingerprint density at radius 1 is 1.12 bits per heavy atom. The molecule has 0 amide bonds. The molecule has 0 radical (unpaired) electrons. The lowest BCUT2D eigenvalue weighted by molar-refractivity contribution is -0.162. The molecular weight excluding hydrogens is 216 g/mol. The first-order chi connectivity index (χ1) is 7.89. The average molecular weight is 232 g/mol. The van der Waals surface area contributed by atoms with Crippen molar-refractivity contribution in [3.8, 4) is 0 Å². The number of rotatable bonds is 2. The topological polar surface area (TPSA) is 43.4 Å². The van der Waals surface area contributed by atoms with E-state index in [4.69, 9.17) is 0 Å². The van der Waals surface area contributed by atoms with Crippen molar-refractivity contribution in [2.45, 2.75) is 20.8 Å². The van der Waals surface area contributed by atoms with Crippen LogP contribution in [-0.2, 0) is 14.3 Å². The summed E-state index contributed by atoms with van der Waals surface area (Å²) in [5, 5.41) is 0. The molecular formula is C14H16O3. The molecule has 0 aromatic heterocycles. The van der Waals surface area contributed by atoms with Crippen molar-refractivity contribution in [2.24, 2.45) is 5.41 Å². The van der Waals surface area contributed by atoms with Gasteiger partial charge in [-0.3, -0.25) is 4.79 Å². The van der Waals surface area contributed by atoms with Gasteiger partial charge in [-0.2, -0.15) is 0 Å². The first-order valence-corrected chi connectivity index (χ1v) is 5.39. The van der Waals surface area contributed by atoms with Gasteiger partial charge in [-0.15, -0.1) is 0 Å². The van der Waals surface area contributed by atoms with Gasteiger partial charge in [0.25, 0.3) is 0 Å². The number of hydrogen-bond acceptors (Lipinski definition) is 3. The fourth-order valence-electron chi connectivity index (χ4n) is 1.01. The van der Waals surface area contributed by atoms with Crippen LogP contribution in [0, 0.1) is 5.41 Å². The van der Waals surface area contributed by atoms with Gasteiger partial charge >= 0.3 is 11.9 Å². The van der Waals surface area contributed by atoms with Crippen LogP contribution < -0.4 is 0 Å². The molecule has 1 aromatic carbocycles. The van der Waals surface area contributed by atoms with Gasteiger partial charge in [0.05, 0.1) is 5.41 Å². The SMILES string of the molecule is CC(C)(C)C(=O)OC(=O)C=Cc1ccccc1. The zero-order chi connectivity index (χ0) is 12.9. The van der Waals surface area contributed by atoms with Crippen LogP contribution in [0.3, 0.4) is 0 Å². The highest BCUT2D eigenvalue weighted by Gasteiger charge is 2.24. The van der Waals surface area contributed by atoms with E-state index in [2.05, 4.69) is 4.74 Å². The predicted molar refractivity (Wildman–Crippen MR) is 66.0 cm³/mol. The maximum absolute atomic E-state index is 11.4. The number of hydrogen-bond donors (Lipinski definition) is 0. The summed E-state index contributed by atoms with van der Waals surface area (Å²) in [6.45, 7) is 5.09. The normalized spacial score (nSPS) is 11.5. The number of esters is 2. The Balaban J connectivity index is 2.57. The first kappa shape index (κ1) is 13.2. The van der Waals surface area contributed by atoms with Gasteiger partial charge in [0.1, 0.15) is 0 Å². The summed E-state index contributed by atoms with van der Waals surface area (Å²) in [7, 11) is 0. The fraction of sp³-hybridized carbons (Fsp3) is 0.286. The largest absolute Gasteiger partial charge is 0.389 e. The summed E-state index contributed by atoms with van der Waals surface area (Å²) < 4.78 is 4.67. The average Bonchev–Trinajstić information content (AvgIpc) is 2.26. The molecule has 1 rings (SSSR count). The predicted octanol–water partition coefficient (Wildman–Crippen LogP) is 2.82. The van der Waals surface area contributed by atoms with Crippen LogP contribution in [0.25, 0.3) is 6.08 Å². The molecule has 0 aliphatic rings. The van der Waals surface area contributed by atoms with Crippen molar-refractivity contribution in [3.05, 3.63) is 42.0 Å². The smallest absolute Gasteiger partial charge is 0.338 e. The van der Waals surface area contributed by atoms with Gasteiger partial charge < -0.3 is 4.74 Å². The number of benzene rings is 1. The monoisotopic (exact) mass is 232 g/mol. The summed E-state index contributed by atoms with van der Waals surface area (Å²) in [5.41, 5.74) is 0.212. The summed E-state index contributed by atoms with van der Waals surface area (Å²) in [6, 6.07) is 9.33. The van der Waals surface area contributed by atoms with Crippen molar-refractivity contribution in [1.82, 2.24) is 0 Å². The van der Waals surface area contributed by atoms with E-state index < -0.39 is 17.4 Å². The quantitative estimate of drug-likeness (QED) is 0.447. The summed E-state index contributed by atoms with van der Waals surface area (Å²) in [5.74, 6) is -1.17. The second-order valence-electron chi connectivity index (χ2n) is 4.70. The molecule has 0 bridgehead atoms. The van der Waals surface area contributed by atoms with Crippen LogP contribution in [0.2, 0.25) is 0 Å². The molecule has 17 heavy (non-hydrogen) atoms. The van der Waals surface area contributed by atoms with Gasteiger partial charge in [-0.25, -0.2) is 4.79 Å². The highest BCUT2D eigenvalue weighted by molar-refractivity contribution is 5.96. The van der Waals surface area contributed by atoms with Gasteiger partial charge in [-0.1, -0.05) is 30.3 Å². The van der Waals surface area contributed by atoms with Crippen molar-refractivity contribution >= 4 is 18.0 Å². The zero-order valence-electron chi connectivity index (χ0n) is 10.3. The molecule has 0 heterocycles. The van der Waals surface area contributed by atoms with Crippen molar-refractivity contribution in [3.63, 3.8) is 0 Å². The maximum atomic E-state index is 11.4. The Bertz CT molecular complexity index is 425. The van der Waals surface area contributed by atoms with Crippen LogP contribution in [-0.4, -0.2) is 11.9 Å². The number of carbonyl (C=O) groups excluding carboxylic acids is 2. The fourth-order valence-corrected chi connectivity index (χ4v) is 1.01. The van der Waals surface area contributed by atoms with E-state index >= 15 is 0 Å². The Labute approximate surface area is 101 Å². The molecule has 0 saturated carbocycles. The molecule has 0 unspecified atom stereocenters. The van der Waals surface area contributed by atoms with Crippen LogP contribution in [0.1, 0.15) is 26.3 Å². The van der Waals surface area contributed by atoms with Gasteiger partial charge in [0, 0.05) is 6.08 Å². The van der Waals surface area contributed by atoms with E-state index in [-0.39, 0.29) is 0 Å². The van der Waals surface area contributed by atoms with Crippen LogP contribution in [0.15, 0.2) is 36.4 Å². The molecule has 90 valence electrons. The molecule has 3 nitrogen and oxygen atoms in total. The Morgan fingerprint density at radius 3 is 2.24 bits per heavy atom. The van der Waals surface area contributed by atoms with E-state index in [1.165, 1.54) is 6.08 Å². The lowest BCUT2D eigenvalue weighted by Crippen LogP contribution is -2.25. The third-order valence-corrected chi connectivity index (χ3v) is 2.02. The second-order valence-corrected chi connectivity index (χ2v) is 4.70. The second kappa shape index (κ2) is 5.43. The third-order valence-electron chi connectivity index (χ3n) is 2.02. The third kappa shape index (κ3) is 4.64. The van der Waals surface area contributed by atoms with Crippen molar-refractivity contribution in [1.29, 1.82) is 0 Å². The van der Waals surface area contributed by atoms with Crippen LogP contribution in [0.4, 0.5) is 0 Å². The summed E-state index contributed by atoms with van der Waals surface area (Å²) in [4.78, 5) is 22.8. The van der Waals surface area contributed by atoms with Crippen LogP contribution in [0.5, 0.6) is 0 Å². The minimum atomic E-state index is -0.670. The highest BCUT2D eigenvalue weighted by Crippen LogP contribution is 2.15. The maximum Gasteiger partial charge on any atom is 0.338 e. The minimum absolute atomic E-state index is 0.528. The molecule has 0 aliphatic heterocycles. The summed E-state index contributed by atoms with van der Waals surface area (Å²) in [6.07, 6.45) is 2.86. The molecule has 0 atom stereocenters. The molecule has 3 heteroatoms. The van der Waals surface area contributed by atoms with Gasteiger partial charge in [0.2, 0.25) is 0 Å². The lowest BCUT2D eigenvalue weighted by atomic mass is 9.97. The van der Waals surface area contributed by atoms with Gasteiger partial charge in [-0.05, 0) is 32.4 Å². The van der Waals surface area contributed by atoms with Gasteiger partial charge in [0.15, 0.2) is 0 Å². The van der Waals surface area contributed by atoms with Crippen molar-refractivity contribution in [2.75, 3.05) is 0 Å². The standard InChI is InChI=1S/C14H16O3/c1-14(2,3)13(16)17-12(15)10-9-11-7-5-4-6-8-11/h4-10H,1-3H3. The first-order valence-electron chi connectivity index (χ1n) is 5.39. The van der Waals surface area contributed by atoms with E-state index in [1.54, 1.807) is 26.8 Å². The van der Waals surface area contributed by atoms with Crippen molar-refractivity contribution < 1.29 is 14.3 Å². The number of carbonyl (C=O) groups is 2. The summed E-state index contributed by atoms with van der Waals surface area (Å²) >= 11 is 0. The Kier molecular flexibility index (Phi) is 4.21. The molecule has 1 aromatic rings. The molecule has 0 saturated heterocycles. The van der Waals surface area contributed by atoms with E-state index in [0.29, 0.717) is 0 Å². The lowest BCUT2D eigenvalue weighted by Gasteiger charge is -2.14.